The summed E-state index contributed by atoms with van der Waals surface area (Å²) in [6.07, 6.45) is -2.99. The van der Waals surface area contributed by atoms with Crippen molar-refractivity contribution in [3.05, 3.63) is 40.8 Å². The van der Waals surface area contributed by atoms with Gasteiger partial charge in [-0.05, 0) is 23.7 Å². The molecule has 1 aliphatic rings. The van der Waals surface area contributed by atoms with Crippen molar-refractivity contribution >= 4 is 45.7 Å². The van der Waals surface area contributed by atoms with Crippen molar-refractivity contribution in [3.8, 4) is 0 Å². The van der Waals surface area contributed by atoms with E-state index in [4.69, 9.17) is 27.9 Å². The number of benzene rings is 1. The monoisotopic (exact) mass is 425 g/mol. The molecule has 0 saturated carbocycles. The Morgan fingerprint density at radius 1 is 1.18 bits per heavy atom. The number of aromatic nitrogens is 4. The smallest absolute Gasteiger partial charge is 0.226 e. The summed E-state index contributed by atoms with van der Waals surface area (Å²) in [4.78, 5) is 10.3. The van der Waals surface area contributed by atoms with Crippen molar-refractivity contribution in [1.29, 1.82) is 0 Å². The van der Waals surface area contributed by atoms with Crippen molar-refractivity contribution in [2.24, 2.45) is 0 Å². The van der Waals surface area contributed by atoms with E-state index in [1.807, 2.05) is 18.2 Å². The number of ether oxygens (including phenoxy) is 1. The lowest BCUT2D eigenvalue weighted by Crippen LogP contribution is -2.33. The third-order valence-electron chi connectivity index (χ3n) is 4.70. The summed E-state index contributed by atoms with van der Waals surface area (Å²) in [6, 6.07) is 7.26. The fraction of sp³-hybridized carbons (Fsp3) is 0.353. The number of aliphatic hydroxyl groups excluding tert-OH is 3. The molecule has 3 N–H and O–H groups in total. The van der Waals surface area contributed by atoms with Crippen molar-refractivity contribution in [2.45, 2.75) is 24.5 Å². The summed E-state index contributed by atoms with van der Waals surface area (Å²) in [5, 5.41) is 34.9. The number of hydrogen-bond donors (Lipinski definition) is 3. The summed E-state index contributed by atoms with van der Waals surface area (Å²) in [5.74, 6) is 0.459. The number of anilines is 2. The van der Waals surface area contributed by atoms with Crippen LogP contribution >= 0.6 is 23.2 Å². The Morgan fingerprint density at radius 3 is 2.61 bits per heavy atom. The first-order valence-electron chi connectivity index (χ1n) is 8.44. The molecule has 4 atom stereocenters. The zero-order chi connectivity index (χ0) is 20.0. The highest BCUT2D eigenvalue weighted by molar-refractivity contribution is 6.33. The zero-order valence-corrected chi connectivity index (χ0v) is 16.2. The largest absolute Gasteiger partial charge is 0.394 e. The molecular weight excluding hydrogens is 409 g/mol. The molecule has 3 aromatic rings. The van der Waals surface area contributed by atoms with Gasteiger partial charge in [-0.25, -0.2) is 4.68 Å². The van der Waals surface area contributed by atoms with Gasteiger partial charge in [-0.15, -0.1) is 0 Å². The molecule has 28 heavy (non-hydrogen) atoms. The lowest BCUT2D eigenvalue weighted by Gasteiger charge is -2.21. The maximum Gasteiger partial charge on any atom is 0.226 e. The predicted octanol–water partition coefficient (Wildman–Crippen LogP) is 1.51. The van der Waals surface area contributed by atoms with Crippen LogP contribution in [0.5, 0.6) is 0 Å². The third kappa shape index (κ3) is 3.10. The molecule has 2 aromatic heterocycles. The van der Waals surface area contributed by atoms with Crippen LogP contribution in [-0.4, -0.2) is 67.0 Å². The van der Waals surface area contributed by atoms with Gasteiger partial charge in [0.15, 0.2) is 11.9 Å². The molecular formula is C17H17Cl2N5O4. The molecule has 0 radical (unpaired) electrons. The van der Waals surface area contributed by atoms with Crippen molar-refractivity contribution in [1.82, 2.24) is 19.7 Å². The van der Waals surface area contributed by atoms with E-state index in [9.17, 15) is 15.3 Å². The van der Waals surface area contributed by atoms with E-state index < -0.39 is 31.1 Å². The second-order valence-corrected chi connectivity index (χ2v) is 7.13. The summed E-state index contributed by atoms with van der Waals surface area (Å²) >= 11 is 12.4. The molecule has 4 rings (SSSR count). The Morgan fingerprint density at radius 2 is 1.93 bits per heavy atom. The number of para-hydroxylation sites is 1. The minimum atomic E-state index is -1.29. The molecule has 1 aliphatic heterocycles. The average molecular weight is 426 g/mol. The summed E-state index contributed by atoms with van der Waals surface area (Å²) in [5.41, 5.74) is 1.02. The van der Waals surface area contributed by atoms with E-state index in [2.05, 4.69) is 15.1 Å². The molecule has 0 amide bonds. The van der Waals surface area contributed by atoms with E-state index in [0.29, 0.717) is 27.6 Å². The van der Waals surface area contributed by atoms with Gasteiger partial charge in [0.2, 0.25) is 5.28 Å². The van der Waals surface area contributed by atoms with Crippen molar-refractivity contribution < 1.29 is 20.1 Å². The lowest BCUT2D eigenvalue weighted by molar-refractivity contribution is -0.0566. The second kappa shape index (κ2) is 7.43. The Labute approximate surface area is 169 Å². The van der Waals surface area contributed by atoms with Gasteiger partial charge in [-0.1, -0.05) is 23.7 Å². The molecule has 9 nitrogen and oxygen atoms in total. The number of hydrogen-bond acceptors (Lipinski definition) is 8. The lowest BCUT2D eigenvalue weighted by atomic mass is 10.1. The minimum Gasteiger partial charge on any atom is -0.394 e. The fourth-order valence-corrected chi connectivity index (χ4v) is 3.67. The van der Waals surface area contributed by atoms with Crippen LogP contribution in [0.1, 0.15) is 6.23 Å². The first kappa shape index (κ1) is 19.3. The van der Waals surface area contributed by atoms with Crippen LogP contribution in [0.15, 0.2) is 30.5 Å². The Balaban J connectivity index is 1.81. The van der Waals surface area contributed by atoms with E-state index in [0.717, 1.165) is 0 Å². The van der Waals surface area contributed by atoms with Crippen LogP contribution in [0.3, 0.4) is 0 Å². The second-order valence-electron chi connectivity index (χ2n) is 6.38. The van der Waals surface area contributed by atoms with Crippen LogP contribution in [-0.2, 0) is 4.74 Å². The van der Waals surface area contributed by atoms with Gasteiger partial charge >= 0.3 is 0 Å². The van der Waals surface area contributed by atoms with Crippen LogP contribution in [0.25, 0.3) is 11.0 Å². The van der Waals surface area contributed by atoms with Gasteiger partial charge in [0.05, 0.1) is 28.9 Å². The van der Waals surface area contributed by atoms with Gasteiger partial charge in [0.25, 0.3) is 0 Å². The predicted molar refractivity (Wildman–Crippen MR) is 103 cm³/mol. The maximum atomic E-state index is 10.3. The number of halogens is 2. The topological polar surface area (TPSA) is 117 Å². The number of rotatable bonds is 4. The fourth-order valence-electron chi connectivity index (χ4n) is 3.25. The highest BCUT2D eigenvalue weighted by Gasteiger charge is 2.44. The van der Waals surface area contributed by atoms with Crippen LogP contribution in [0.4, 0.5) is 11.5 Å². The normalized spacial score (nSPS) is 24.8. The number of fused-ring (bicyclic) bond motifs is 1. The maximum absolute atomic E-state index is 10.3. The minimum absolute atomic E-state index is 0.0325. The Hall–Kier alpha value is -2.01. The molecule has 1 aromatic carbocycles. The number of aliphatic hydroxyl groups is 3. The van der Waals surface area contributed by atoms with Gasteiger partial charge in [0, 0.05) is 7.05 Å². The quantitative estimate of drug-likeness (QED) is 0.538. The molecule has 11 heteroatoms. The molecule has 148 valence electrons. The van der Waals surface area contributed by atoms with Crippen LogP contribution < -0.4 is 4.90 Å². The van der Waals surface area contributed by atoms with Crippen LogP contribution in [0.2, 0.25) is 10.3 Å². The molecule has 0 aliphatic carbocycles. The first-order valence-corrected chi connectivity index (χ1v) is 9.19. The SMILES string of the molecule is CN(c1ccccc1Cl)c1nc(Cl)nc2c1cnn2[C@@H]1O[C@H](CO)[C@@H](O)[C@H]1O. The van der Waals surface area contributed by atoms with E-state index in [1.54, 1.807) is 18.0 Å². The van der Waals surface area contributed by atoms with Crippen molar-refractivity contribution in [2.75, 3.05) is 18.6 Å². The van der Waals surface area contributed by atoms with Crippen LogP contribution in [0, 0.1) is 0 Å². The first-order chi connectivity index (χ1) is 13.4. The van der Waals surface area contributed by atoms with Gasteiger partial charge in [0.1, 0.15) is 24.1 Å². The molecule has 1 fully saturated rings. The van der Waals surface area contributed by atoms with Gasteiger partial charge in [-0.3, -0.25) is 0 Å². The molecule has 3 heterocycles. The van der Waals surface area contributed by atoms with E-state index in [1.165, 1.54) is 10.9 Å². The van der Waals surface area contributed by atoms with Crippen molar-refractivity contribution in [3.63, 3.8) is 0 Å². The molecule has 0 bridgehead atoms. The standard InChI is InChI=1S/C17H17Cl2N5O4/c1-23(10-5-3-2-4-9(10)18)14-8-6-20-24(15(8)22-17(19)21-14)16-13(27)12(26)11(7-25)28-16/h2-6,11-13,16,25-27H,7H2,1H3/t11-,12-,13-,16-/m1/s1. The Bertz CT molecular complexity index is 1020. The average Bonchev–Trinajstić information content (AvgIpc) is 3.22. The summed E-state index contributed by atoms with van der Waals surface area (Å²) < 4.78 is 6.86. The zero-order valence-electron chi connectivity index (χ0n) is 14.6. The number of nitrogens with zero attached hydrogens (tertiary/aromatic N) is 5. The van der Waals surface area contributed by atoms with E-state index >= 15 is 0 Å². The van der Waals surface area contributed by atoms with Gasteiger partial charge in [-0.2, -0.15) is 15.1 Å². The third-order valence-corrected chi connectivity index (χ3v) is 5.18. The Kier molecular flexibility index (Phi) is 5.13. The molecule has 0 unspecified atom stereocenters. The highest BCUT2D eigenvalue weighted by Crippen LogP contribution is 2.36. The summed E-state index contributed by atoms with van der Waals surface area (Å²) in [7, 11) is 1.78. The van der Waals surface area contributed by atoms with E-state index in [-0.39, 0.29) is 5.28 Å². The molecule has 0 spiro atoms. The molecule has 1 saturated heterocycles. The summed E-state index contributed by atoms with van der Waals surface area (Å²) in [6.45, 7) is -0.440. The highest BCUT2D eigenvalue weighted by atomic mass is 35.5. The van der Waals surface area contributed by atoms with Gasteiger partial charge < -0.3 is 25.0 Å².